The summed E-state index contributed by atoms with van der Waals surface area (Å²) in [6.07, 6.45) is -3.88. The van der Waals surface area contributed by atoms with Crippen LogP contribution in [0.25, 0.3) is 16.6 Å². The highest BCUT2D eigenvalue weighted by Gasteiger charge is 2.33. The Kier molecular flexibility index (Phi) is 5.97. The van der Waals surface area contributed by atoms with Gasteiger partial charge in [-0.3, -0.25) is 14.3 Å². The van der Waals surface area contributed by atoms with Crippen LogP contribution in [0.15, 0.2) is 59.4 Å². The summed E-state index contributed by atoms with van der Waals surface area (Å²) in [6, 6.07) is 13.8. The Morgan fingerprint density at radius 1 is 1.03 bits per heavy atom. The summed E-state index contributed by atoms with van der Waals surface area (Å²) in [6.45, 7) is 5.42. The third-order valence-corrected chi connectivity index (χ3v) is 6.79. The second-order valence-electron chi connectivity index (χ2n) is 9.02. The lowest BCUT2D eigenvalue weighted by molar-refractivity contribution is -0.137. The smallest absolute Gasteiger partial charge is 0.368 e. The second kappa shape index (κ2) is 9.00. The Morgan fingerprint density at radius 3 is 2.44 bits per heavy atom. The Labute approximate surface area is 205 Å². The topological polar surface area (TPSA) is 62.9 Å². The van der Waals surface area contributed by atoms with Crippen molar-refractivity contribution in [1.29, 1.82) is 0 Å². The van der Waals surface area contributed by atoms with Gasteiger partial charge in [-0.1, -0.05) is 25.1 Å². The molecule has 0 bridgehead atoms. The summed E-state index contributed by atoms with van der Waals surface area (Å²) in [5.41, 5.74) is 1.48. The van der Waals surface area contributed by atoms with E-state index >= 15 is 0 Å². The number of anilines is 1. The number of alkyl halides is 3. The number of hydrogen-bond donors (Lipinski definition) is 0. The van der Waals surface area contributed by atoms with Crippen LogP contribution >= 0.6 is 0 Å². The average molecular weight is 498 g/mol. The normalized spacial score (nSPS) is 15.6. The molecule has 4 aromatic rings. The third kappa shape index (κ3) is 4.10. The fourth-order valence-electron chi connectivity index (χ4n) is 5.04. The third-order valence-electron chi connectivity index (χ3n) is 6.79. The Balaban J connectivity index is 1.43. The van der Waals surface area contributed by atoms with Crippen LogP contribution in [-0.2, 0) is 11.0 Å². The molecule has 188 valence electrons. The number of piperazine rings is 1. The minimum Gasteiger partial charge on any atom is -0.368 e. The monoisotopic (exact) mass is 497 g/mol. The van der Waals surface area contributed by atoms with Crippen LogP contribution < -0.4 is 10.5 Å². The lowest BCUT2D eigenvalue weighted by Gasteiger charge is -2.38. The summed E-state index contributed by atoms with van der Waals surface area (Å²) in [7, 11) is 0. The minimum absolute atomic E-state index is 0.0676. The molecule has 5 rings (SSSR count). The predicted octanol–water partition coefficient (Wildman–Crippen LogP) is 4.28. The van der Waals surface area contributed by atoms with Crippen molar-refractivity contribution in [3.05, 3.63) is 76.2 Å². The largest absolute Gasteiger partial charge is 0.416 e. The number of aromatic nitrogens is 3. The maximum atomic E-state index is 13.8. The molecule has 0 aliphatic carbocycles. The maximum absolute atomic E-state index is 13.8. The lowest BCUT2D eigenvalue weighted by Crippen LogP contribution is -2.51. The number of rotatable bonds is 4. The summed E-state index contributed by atoms with van der Waals surface area (Å²) in [5, 5.41) is 0.791. The van der Waals surface area contributed by atoms with E-state index in [2.05, 4.69) is 4.98 Å². The number of benzene rings is 2. The standard InChI is InChI=1S/C26H26F3N5O2/c1-3-21(34-22-10-5-4-9-20(22)24-30-23(35)15-17(2)33(24)34)25(36)32-13-11-31(12-14-32)19-8-6-7-18(16-19)26(27,28)29/h4-10,15-16,21H,3,11-14H2,1-2H3/t21-/m1/s1. The number of halogens is 3. The van der Waals surface area contributed by atoms with Crippen LogP contribution in [0, 0.1) is 6.92 Å². The Hall–Kier alpha value is -3.82. The van der Waals surface area contributed by atoms with Gasteiger partial charge < -0.3 is 9.80 Å². The maximum Gasteiger partial charge on any atom is 0.416 e. The van der Waals surface area contributed by atoms with Crippen LogP contribution in [0.5, 0.6) is 0 Å². The van der Waals surface area contributed by atoms with E-state index in [4.69, 9.17) is 0 Å². The molecule has 1 amide bonds. The zero-order chi connectivity index (χ0) is 25.6. The summed E-state index contributed by atoms with van der Waals surface area (Å²) < 4.78 is 43.2. The fourth-order valence-corrected chi connectivity index (χ4v) is 5.04. The van der Waals surface area contributed by atoms with E-state index in [1.807, 2.05) is 52.2 Å². The highest BCUT2D eigenvalue weighted by Crippen LogP contribution is 2.32. The first-order valence-electron chi connectivity index (χ1n) is 11.9. The molecular weight excluding hydrogens is 471 g/mol. The first-order valence-corrected chi connectivity index (χ1v) is 11.9. The van der Waals surface area contributed by atoms with Gasteiger partial charge in [0, 0.05) is 49.0 Å². The SMILES string of the molecule is CC[C@H](C(=O)N1CCN(c2cccc(C(F)(F)F)c2)CC1)n1c2ccccc2c2nc(=O)cc(C)n21. The van der Waals surface area contributed by atoms with Crippen molar-refractivity contribution in [3.8, 4) is 0 Å². The molecule has 1 fully saturated rings. The predicted molar refractivity (Wildman–Crippen MR) is 131 cm³/mol. The Bertz CT molecular complexity index is 1500. The first kappa shape index (κ1) is 23.9. The van der Waals surface area contributed by atoms with Gasteiger partial charge in [0.05, 0.1) is 11.1 Å². The molecule has 0 spiro atoms. The number of carbonyl (C=O) groups is 1. The van der Waals surface area contributed by atoms with Gasteiger partial charge >= 0.3 is 6.18 Å². The summed E-state index contributed by atoms with van der Waals surface area (Å²) in [4.78, 5) is 33.7. The van der Waals surface area contributed by atoms with Crippen molar-refractivity contribution in [2.45, 2.75) is 32.5 Å². The Morgan fingerprint density at radius 2 is 1.75 bits per heavy atom. The van der Waals surface area contributed by atoms with E-state index < -0.39 is 17.8 Å². The molecule has 1 saturated heterocycles. The van der Waals surface area contributed by atoms with Crippen molar-refractivity contribution < 1.29 is 18.0 Å². The summed E-state index contributed by atoms with van der Waals surface area (Å²) >= 11 is 0. The lowest BCUT2D eigenvalue weighted by atomic mass is 10.1. The van der Waals surface area contributed by atoms with Crippen molar-refractivity contribution in [2.24, 2.45) is 0 Å². The molecular formula is C26H26F3N5O2. The summed E-state index contributed by atoms with van der Waals surface area (Å²) in [5.74, 6) is -0.0676. The number of amides is 1. The van der Waals surface area contributed by atoms with Crippen molar-refractivity contribution in [1.82, 2.24) is 19.1 Å². The molecule has 7 nitrogen and oxygen atoms in total. The molecule has 0 saturated carbocycles. The van der Waals surface area contributed by atoms with Crippen LogP contribution in [0.4, 0.5) is 18.9 Å². The molecule has 1 aliphatic rings. The first-order chi connectivity index (χ1) is 17.2. The van der Waals surface area contributed by atoms with Gasteiger partial charge in [-0.2, -0.15) is 18.2 Å². The highest BCUT2D eigenvalue weighted by molar-refractivity contribution is 5.94. The van der Waals surface area contributed by atoms with Gasteiger partial charge in [-0.05, 0) is 43.7 Å². The van der Waals surface area contributed by atoms with E-state index in [0.29, 0.717) is 49.6 Å². The number of nitrogens with zero attached hydrogens (tertiary/aromatic N) is 5. The zero-order valence-electron chi connectivity index (χ0n) is 20.0. The zero-order valence-corrected chi connectivity index (χ0v) is 20.0. The number of carbonyl (C=O) groups excluding carboxylic acids is 1. The van der Waals surface area contributed by atoms with Crippen LogP contribution in [0.2, 0.25) is 0 Å². The molecule has 2 aromatic carbocycles. The van der Waals surface area contributed by atoms with Gasteiger partial charge in [-0.15, -0.1) is 0 Å². The molecule has 1 atom stereocenters. The molecule has 1 aliphatic heterocycles. The van der Waals surface area contributed by atoms with Crippen LogP contribution in [0.3, 0.4) is 0 Å². The van der Waals surface area contributed by atoms with E-state index in [1.165, 1.54) is 12.1 Å². The van der Waals surface area contributed by atoms with Crippen molar-refractivity contribution in [2.75, 3.05) is 31.1 Å². The van der Waals surface area contributed by atoms with E-state index in [1.54, 1.807) is 11.0 Å². The second-order valence-corrected chi connectivity index (χ2v) is 9.02. The average Bonchev–Trinajstić information content (AvgIpc) is 3.19. The number of para-hydroxylation sites is 1. The van der Waals surface area contributed by atoms with E-state index in [-0.39, 0.29) is 11.5 Å². The number of fused-ring (bicyclic) bond motifs is 3. The minimum atomic E-state index is -4.40. The molecule has 0 N–H and O–H groups in total. The van der Waals surface area contributed by atoms with Crippen LogP contribution in [0.1, 0.15) is 30.6 Å². The van der Waals surface area contributed by atoms with E-state index in [9.17, 15) is 22.8 Å². The molecule has 3 heterocycles. The van der Waals surface area contributed by atoms with Gasteiger partial charge in [0.15, 0.2) is 5.65 Å². The van der Waals surface area contributed by atoms with Crippen molar-refractivity contribution >= 4 is 28.1 Å². The van der Waals surface area contributed by atoms with Gasteiger partial charge in [0.25, 0.3) is 5.56 Å². The number of hydrogen-bond acceptors (Lipinski definition) is 4. The van der Waals surface area contributed by atoms with Crippen molar-refractivity contribution in [3.63, 3.8) is 0 Å². The molecule has 2 aromatic heterocycles. The van der Waals surface area contributed by atoms with Gasteiger partial charge in [0.1, 0.15) is 6.04 Å². The van der Waals surface area contributed by atoms with Gasteiger partial charge in [0.2, 0.25) is 5.91 Å². The quantitative estimate of drug-likeness (QED) is 0.422. The molecule has 0 unspecified atom stereocenters. The fraction of sp³-hybridized carbons (Fsp3) is 0.346. The van der Waals surface area contributed by atoms with Gasteiger partial charge in [-0.25, -0.2) is 4.52 Å². The molecule has 36 heavy (non-hydrogen) atoms. The highest BCUT2D eigenvalue weighted by atomic mass is 19.4. The van der Waals surface area contributed by atoms with Crippen LogP contribution in [-0.4, -0.2) is 51.2 Å². The molecule has 0 radical (unpaired) electrons. The molecule has 10 heteroatoms. The van der Waals surface area contributed by atoms with E-state index in [0.717, 1.165) is 23.0 Å². The number of aryl methyl sites for hydroxylation is 1.